The van der Waals surface area contributed by atoms with Gasteiger partial charge in [-0.3, -0.25) is 9.59 Å². The lowest BCUT2D eigenvalue weighted by atomic mass is 10.0. The SMILES string of the molecule is CC(=O)N(c1cccc2c(=O)n(C(C)C(=O)O)ccc12)C1CCCCCC1. The molecule has 0 spiro atoms. The lowest BCUT2D eigenvalue weighted by molar-refractivity contribution is -0.140. The van der Waals surface area contributed by atoms with Crippen molar-refractivity contribution in [1.82, 2.24) is 4.57 Å². The molecule has 1 aromatic carbocycles. The number of benzene rings is 1. The number of nitrogens with zero attached hydrogens (tertiary/aromatic N) is 2. The van der Waals surface area contributed by atoms with E-state index in [2.05, 4.69) is 0 Å². The molecule has 6 heteroatoms. The minimum atomic E-state index is -1.06. The zero-order chi connectivity index (χ0) is 19.6. The monoisotopic (exact) mass is 370 g/mol. The van der Waals surface area contributed by atoms with Crippen LogP contribution in [0.5, 0.6) is 0 Å². The van der Waals surface area contributed by atoms with Crippen molar-refractivity contribution in [3.05, 3.63) is 40.8 Å². The van der Waals surface area contributed by atoms with Crippen molar-refractivity contribution in [2.45, 2.75) is 64.5 Å². The molecule has 1 unspecified atom stereocenters. The smallest absolute Gasteiger partial charge is 0.326 e. The van der Waals surface area contributed by atoms with Gasteiger partial charge in [0.1, 0.15) is 6.04 Å². The number of carbonyl (C=O) groups excluding carboxylic acids is 1. The second-order valence-electron chi connectivity index (χ2n) is 7.32. The van der Waals surface area contributed by atoms with E-state index in [0.717, 1.165) is 31.4 Å². The van der Waals surface area contributed by atoms with Gasteiger partial charge in [-0.25, -0.2) is 4.79 Å². The van der Waals surface area contributed by atoms with Gasteiger partial charge in [0.15, 0.2) is 0 Å². The summed E-state index contributed by atoms with van der Waals surface area (Å²) in [6, 6.07) is 6.27. The number of carboxylic acids is 1. The predicted octanol–water partition coefficient (Wildman–Crippen LogP) is 3.72. The van der Waals surface area contributed by atoms with Crippen LogP contribution in [0.15, 0.2) is 35.3 Å². The van der Waals surface area contributed by atoms with Crippen LogP contribution in [0.2, 0.25) is 0 Å². The number of hydrogen-bond acceptors (Lipinski definition) is 3. The summed E-state index contributed by atoms with van der Waals surface area (Å²) in [5.41, 5.74) is 0.382. The maximum atomic E-state index is 12.8. The number of anilines is 1. The van der Waals surface area contributed by atoms with E-state index in [1.807, 2.05) is 11.0 Å². The number of carbonyl (C=O) groups is 2. The highest BCUT2D eigenvalue weighted by Crippen LogP contribution is 2.31. The van der Waals surface area contributed by atoms with Gasteiger partial charge in [0, 0.05) is 29.9 Å². The third kappa shape index (κ3) is 3.75. The second kappa shape index (κ2) is 7.94. The van der Waals surface area contributed by atoms with Crippen LogP contribution < -0.4 is 10.5 Å². The van der Waals surface area contributed by atoms with E-state index in [-0.39, 0.29) is 17.5 Å². The predicted molar refractivity (Wildman–Crippen MR) is 105 cm³/mol. The minimum Gasteiger partial charge on any atom is -0.480 e. The molecule has 1 heterocycles. The molecular formula is C21H26N2O4. The molecule has 0 bridgehead atoms. The van der Waals surface area contributed by atoms with E-state index in [1.165, 1.54) is 30.5 Å². The Kier molecular flexibility index (Phi) is 5.63. The van der Waals surface area contributed by atoms with Crippen LogP contribution in [0.4, 0.5) is 5.69 Å². The zero-order valence-corrected chi connectivity index (χ0v) is 15.9. The number of aromatic nitrogens is 1. The van der Waals surface area contributed by atoms with Crippen LogP contribution in [0, 0.1) is 0 Å². The molecule has 1 aliphatic carbocycles. The van der Waals surface area contributed by atoms with E-state index in [0.29, 0.717) is 10.8 Å². The van der Waals surface area contributed by atoms with E-state index in [4.69, 9.17) is 0 Å². The number of aliphatic carboxylic acids is 1. The average molecular weight is 370 g/mol. The van der Waals surface area contributed by atoms with Gasteiger partial charge in [0.25, 0.3) is 5.56 Å². The van der Waals surface area contributed by atoms with Gasteiger partial charge in [-0.15, -0.1) is 0 Å². The molecule has 144 valence electrons. The van der Waals surface area contributed by atoms with Crippen molar-refractivity contribution in [2.75, 3.05) is 4.90 Å². The third-order valence-electron chi connectivity index (χ3n) is 5.51. The summed E-state index contributed by atoms with van der Waals surface area (Å²) in [6.45, 7) is 3.05. The summed E-state index contributed by atoms with van der Waals surface area (Å²) in [4.78, 5) is 38.5. The first kappa shape index (κ1) is 19.1. The van der Waals surface area contributed by atoms with Crippen molar-refractivity contribution in [3.8, 4) is 0 Å². The van der Waals surface area contributed by atoms with E-state index >= 15 is 0 Å². The maximum absolute atomic E-state index is 12.8. The minimum absolute atomic E-state index is 0.0301. The Bertz CT molecular complexity index is 910. The first-order chi connectivity index (χ1) is 12.9. The van der Waals surface area contributed by atoms with Gasteiger partial charge in [-0.05, 0) is 38.0 Å². The highest BCUT2D eigenvalue weighted by atomic mass is 16.4. The first-order valence-electron chi connectivity index (χ1n) is 9.58. The van der Waals surface area contributed by atoms with Crippen LogP contribution in [-0.2, 0) is 9.59 Å². The quantitative estimate of drug-likeness (QED) is 0.832. The van der Waals surface area contributed by atoms with Gasteiger partial charge in [-0.2, -0.15) is 0 Å². The molecule has 1 amide bonds. The lowest BCUT2D eigenvalue weighted by Crippen LogP contribution is -2.39. The Morgan fingerprint density at radius 2 is 1.78 bits per heavy atom. The molecule has 27 heavy (non-hydrogen) atoms. The van der Waals surface area contributed by atoms with E-state index in [1.54, 1.807) is 25.1 Å². The summed E-state index contributed by atoms with van der Waals surface area (Å²) in [7, 11) is 0. The third-order valence-corrected chi connectivity index (χ3v) is 5.51. The topological polar surface area (TPSA) is 79.6 Å². The van der Waals surface area contributed by atoms with Crippen LogP contribution in [0.25, 0.3) is 10.8 Å². The van der Waals surface area contributed by atoms with E-state index < -0.39 is 12.0 Å². The summed E-state index contributed by atoms with van der Waals surface area (Å²) in [6.07, 6.45) is 8.01. The van der Waals surface area contributed by atoms with Crippen LogP contribution in [-0.4, -0.2) is 27.6 Å². The lowest BCUT2D eigenvalue weighted by Gasteiger charge is -2.31. The van der Waals surface area contributed by atoms with Crippen LogP contribution in [0.3, 0.4) is 0 Å². The summed E-state index contributed by atoms with van der Waals surface area (Å²) in [5.74, 6) is -1.09. The fourth-order valence-electron chi connectivity index (χ4n) is 4.05. The Morgan fingerprint density at radius 1 is 1.11 bits per heavy atom. The van der Waals surface area contributed by atoms with Crippen LogP contribution >= 0.6 is 0 Å². The van der Waals surface area contributed by atoms with Gasteiger partial charge in [0.2, 0.25) is 5.91 Å². The molecule has 1 N–H and O–H groups in total. The molecule has 0 saturated heterocycles. The molecule has 1 aliphatic rings. The Morgan fingerprint density at radius 3 is 2.37 bits per heavy atom. The Hall–Kier alpha value is -2.63. The molecule has 1 aromatic heterocycles. The summed E-state index contributed by atoms with van der Waals surface area (Å²) >= 11 is 0. The molecule has 0 aliphatic heterocycles. The number of rotatable bonds is 4. The first-order valence-corrected chi connectivity index (χ1v) is 9.58. The van der Waals surface area contributed by atoms with Gasteiger partial charge in [-0.1, -0.05) is 31.7 Å². The fraction of sp³-hybridized carbons (Fsp3) is 0.476. The number of pyridine rings is 1. The molecule has 1 saturated carbocycles. The molecule has 6 nitrogen and oxygen atoms in total. The Balaban J connectivity index is 2.13. The molecule has 1 atom stereocenters. The standard InChI is InChI=1S/C21H26N2O4/c1-14(21(26)27)22-13-12-17-18(20(22)25)10-7-11-19(17)23(15(2)24)16-8-5-3-4-6-9-16/h7,10-14,16H,3-6,8-9H2,1-2H3,(H,26,27). The van der Waals surface area contributed by atoms with Crippen molar-refractivity contribution in [1.29, 1.82) is 0 Å². The highest BCUT2D eigenvalue weighted by molar-refractivity contribution is 6.03. The largest absolute Gasteiger partial charge is 0.480 e. The van der Waals surface area contributed by atoms with E-state index in [9.17, 15) is 19.5 Å². The number of fused-ring (bicyclic) bond motifs is 1. The summed E-state index contributed by atoms with van der Waals surface area (Å²) in [5, 5.41) is 10.4. The molecule has 2 aromatic rings. The fourth-order valence-corrected chi connectivity index (χ4v) is 4.05. The normalized spacial score (nSPS) is 16.7. The Labute approximate surface area is 158 Å². The van der Waals surface area contributed by atoms with Crippen molar-refractivity contribution >= 4 is 28.3 Å². The molecular weight excluding hydrogens is 344 g/mol. The number of amides is 1. The van der Waals surface area contributed by atoms with Gasteiger partial charge in [0.05, 0.1) is 5.69 Å². The zero-order valence-electron chi connectivity index (χ0n) is 15.9. The van der Waals surface area contributed by atoms with Gasteiger partial charge < -0.3 is 14.6 Å². The van der Waals surface area contributed by atoms with Crippen molar-refractivity contribution in [2.24, 2.45) is 0 Å². The number of hydrogen-bond donors (Lipinski definition) is 1. The average Bonchev–Trinajstić information content (AvgIpc) is 2.91. The van der Waals surface area contributed by atoms with Crippen molar-refractivity contribution in [3.63, 3.8) is 0 Å². The number of carboxylic acid groups (broad SMARTS) is 1. The maximum Gasteiger partial charge on any atom is 0.326 e. The highest BCUT2D eigenvalue weighted by Gasteiger charge is 2.26. The molecule has 0 radical (unpaired) electrons. The summed E-state index contributed by atoms with van der Waals surface area (Å²) < 4.78 is 1.22. The van der Waals surface area contributed by atoms with Crippen LogP contribution in [0.1, 0.15) is 58.4 Å². The second-order valence-corrected chi connectivity index (χ2v) is 7.32. The molecule has 1 fully saturated rings. The molecule has 3 rings (SSSR count). The van der Waals surface area contributed by atoms with Crippen molar-refractivity contribution < 1.29 is 14.7 Å². The van der Waals surface area contributed by atoms with Gasteiger partial charge >= 0.3 is 5.97 Å².